The Morgan fingerprint density at radius 1 is 1.11 bits per heavy atom. The van der Waals surface area contributed by atoms with Gasteiger partial charge in [0, 0.05) is 5.69 Å². The van der Waals surface area contributed by atoms with Crippen molar-refractivity contribution in [1.82, 2.24) is 15.0 Å². The molecule has 2 aromatic carbocycles. The maximum atomic E-state index is 12.2. The maximum Gasteiger partial charge on any atom is 0.342 e. The second-order valence-electron chi connectivity index (χ2n) is 5.36. The fourth-order valence-corrected chi connectivity index (χ4v) is 2.27. The van der Waals surface area contributed by atoms with Gasteiger partial charge in [-0.1, -0.05) is 24.3 Å². The van der Waals surface area contributed by atoms with Gasteiger partial charge in [0.05, 0.1) is 7.11 Å². The predicted molar refractivity (Wildman–Crippen MR) is 97.7 cm³/mol. The predicted octanol–water partition coefficient (Wildman–Crippen LogP) is 2.27. The third-order valence-electron chi connectivity index (χ3n) is 3.50. The summed E-state index contributed by atoms with van der Waals surface area (Å²) in [7, 11) is 1.39. The van der Waals surface area contributed by atoms with Crippen LogP contribution in [0.15, 0.2) is 48.5 Å². The molecule has 4 N–H and O–H groups in total. The minimum atomic E-state index is -0.747. The summed E-state index contributed by atoms with van der Waals surface area (Å²) in [5.74, 6) is -0.503. The SMILES string of the molecule is COc1cccc(C(=O)OCc2nc(N)nc(Nc3ccccc3)n2)c1O. The molecule has 3 aromatic rings. The van der Waals surface area contributed by atoms with Gasteiger partial charge in [0.2, 0.25) is 11.9 Å². The number of phenols is 1. The third-order valence-corrected chi connectivity index (χ3v) is 3.50. The van der Waals surface area contributed by atoms with E-state index in [0.717, 1.165) is 5.69 Å². The van der Waals surface area contributed by atoms with Gasteiger partial charge < -0.3 is 25.6 Å². The van der Waals surface area contributed by atoms with Gasteiger partial charge in [0.15, 0.2) is 23.9 Å². The van der Waals surface area contributed by atoms with Crippen molar-refractivity contribution >= 4 is 23.6 Å². The smallest absolute Gasteiger partial charge is 0.342 e. The maximum absolute atomic E-state index is 12.2. The lowest BCUT2D eigenvalue weighted by Crippen LogP contribution is -2.11. The van der Waals surface area contributed by atoms with E-state index in [1.54, 1.807) is 6.07 Å². The van der Waals surface area contributed by atoms with Crippen molar-refractivity contribution in [2.24, 2.45) is 0 Å². The fourth-order valence-electron chi connectivity index (χ4n) is 2.27. The summed E-state index contributed by atoms with van der Waals surface area (Å²) in [4.78, 5) is 24.3. The number of carbonyl (C=O) groups is 1. The number of para-hydroxylation sites is 2. The first-order valence-corrected chi connectivity index (χ1v) is 7.92. The highest BCUT2D eigenvalue weighted by Gasteiger charge is 2.17. The number of anilines is 3. The highest BCUT2D eigenvalue weighted by molar-refractivity contribution is 5.93. The van der Waals surface area contributed by atoms with E-state index in [2.05, 4.69) is 20.3 Å². The number of benzene rings is 2. The van der Waals surface area contributed by atoms with E-state index in [0.29, 0.717) is 0 Å². The number of phenolic OH excluding ortho intramolecular Hbond substituents is 1. The molecule has 0 aliphatic carbocycles. The number of nitrogens with one attached hydrogen (secondary N) is 1. The summed E-state index contributed by atoms with van der Waals surface area (Å²) in [6, 6.07) is 13.8. The number of nitrogens with two attached hydrogens (primary N) is 1. The second kappa shape index (κ2) is 8.00. The third kappa shape index (κ3) is 4.40. The number of hydrogen-bond donors (Lipinski definition) is 3. The van der Waals surface area contributed by atoms with Crippen LogP contribution < -0.4 is 15.8 Å². The van der Waals surface area contributed by atoms with E-state index in [4.69, 9.17) is 15.2 Å². The van der Waals surface area contributed by atoms with Gasteiger partial charge in [-0.3, -0.25) is 0 Å². The Balaban J connectivity index is 1.72. The number of esters is 1. The Kier molecular flexibility index (Phi) is 5.31. The van der Waals surface area contributed by atoms with Crippen LogP contribution in [-0.2, 0) is 11.3 Å². The molecule has 138 valence electrons. The molecule has 9 nitrogen and oxygen atoms in total. The molecule has 1 aromatic heterocycles. The number of rotatable bonds is 6. The van der Waals surface area contributed by atoms with Crippen LogP contribution in [0.3, 0.4) is 0 Å². The van der Waals surface area contributed by atoms with Crippen LogP contribution in [0.25, 0.3) is 0 Å². The highest BCUT2D eigenvalue weighted by atomic mass is 16.5. The van der Waals surface area contributed by atoms with E-state index in [-0.39, 0.29) is 41.4 Å². The Bertz CT molecular complexity index is 950. The summed E-state index contributed by atoms with van der Waals surface area (Å²) >= 11 is 0. The lowest BCUT2D eigenvalue weighted by molar-refractivity contribution is 0.0458. The van der Waals surface area contributed by atoms with Crippen molar-refractivity contribution in [1.29, 1.82) is 0 Å². The molecule has 0 bridgehead atoms. The number of hydrogen-bond acceptors (Lipinski definition) is 9. The molecule has 0 radical (unpaired) electrons. The summed E-state index contributed by atoms with van der Waals surface area (Å²) in [5, 5.41) is 13.0. The summed E-state index contributed by atoms with van der Waals surface area (Å²) < 4.78 is 10.1. The minimum Gasteiger partial charge on any atom is -0.504 e. The van der Waals surface area contributed by atoms with E-state index in [1.165, 1.54) is 19.2 Å². The zero-order valence-electron chi connectivity index (χ0n) is 14.4. The number of methoxy groups -OCH3 is 1. The van der Waals surface area contributed by atoms with Crippen molar-refractivity contribution in [3.8, 4) is 11.5 Å². The van der Waals surface area contributed by atoms with Crippen molar-refractivity contribution < 1.29 is 19.4 Å². The second-order valence-corrected chi connectivity index (χ2v) is 5.36. The number of nitrogens with zero attached hydrogens (tertiary/aromatic N) is 3. The molecule has 0 saturated heterocycles. The number of aromatic hydroxyl groups is 1. The Labute approximate surface area is 154 Å². The molecule has 0 atom stereocenters. The van der Waals surface area contributed by atoms with E-state index >= 15 is 0 Å². The first kappa shape index (κ1) is 17.9. The van der Waals surface area contributed by atoms with Crippen LogP contribution in [-0.4, -0.2) is 33.1 Å². The zero-order valence-corrected chi connectivity index (χ0v) is 14.4. The largest absolute Gasteiger partial charge is 0.504 e. The molecule has 0 fully saturated rings. The molecule has 1 heterocycles. The van der Waals surface area contributed by atoms with Gasteiger partial charge in [-0.2, -0.15) is 15.0 Å². The van der Waals surface area contributed by atoms with Crippen molar-refractivity contribution in [3.63, 3.8) is 0 Å². The van der Waals surface area contributed by atoms with Crippen molar-refractivity contribution in [2.45, 2.75) is 6.61 Å². The molecule has 0 aliphatic heterocycles. The first-order valence-electron chi connectivity index (χ1n) is 7.92. The molecule has 0 spiro atoms. The van der Waals surface area contributed by atoms with Gasteiger partial charge in [0.1, 0.15) is 5.56 Å². The fraction of sp³-hybridized carbons (Fsp3) is 0.111. The van der Waals surface area contributed by atoms with E-state index in [1.807, 2.05) is 30.3 Å². The number of carbonyl (C=O) groups excluding carboxylic acids is 1. The average molecular weight is 367 g/mol. The van der Waals surface area contributed by atoms with Crippen LogP contribution in [0.5, 0.6) is 11.5 Å². The van der Waals surface area contributed by atoms with Gasteiger partial charge in [0.25, 0.3) is 0 Å². The lowest BCUT2D eigenvalue weighted by atomic mass is 10.2. The first-order chi connectivity index (χ1) is 13.1. The summed E-state index contributed by atoms with van der Waals surface area (Å²) in [6.45, 7) is -0.244. The highest BCUT2D eigenvalue weighted by Crippen LogP contribution is 2.29. The molecule has 0 aliphatic rings. The Morgan fingerprint density at radius 3 is 2.63 bits per heavy atom. The van der Waals surface area contributed by atoms with Crippen LogP contribution in [0, 0.1) is 0 Å². The minimum absolute atomic E-state index is 0.0151. The summed E-state index contributed by atoms with van der Waals surface area (Å²) in [6.07, 6.45) is 0. The van der Waals surface area contributed by atoms with Crippen LogP contribution in [0.2, 0.25) is 0 Å². The van der Waals surface area contributed by atoms with E-state index < -0.39 is 5.97 Å². The topological polar surface area (TPSA) is 132 Å². The van der Waals surface area contributed by atoms with Gasteiger partial charge in [-0.15, -0.1) is 0 Å². The molecular formula is C18H17N5O4. The molecule has 27 heavy (non-hydrogen) atoms. The molecular weight excluding hydrogens is 350 g/mol. The van der Waals surface area contributed by atoms with E-state index in [9.17, 15) is 9.90 Å². The molecule has 0 unspecified atom stereocenters. The molecule has 0 amide bonds. The Hall–Kier alpha value is -3.88. The van der Waals surface area contributed by atoms with Gasteiger partial charge in [-0.25, -0.2) is 4.79 Å². The Morgan fingerprint density at radius 2 is 1.89 bits per heavy atom. The molecule has 0 saturated carbocycles. The normalized spacial score (nSPS) is 10.3. The zero-order chi connectivity index (χ0) is 19.2. The number of aromatic nitrogens is 3. The monoisotopic (exact) mass is 367 g/mol. The number of ether oxygens (including phenoxy) is 2. The lowest BCUT2D eigenvalue weighted by Gasteiger charge is -2.10. The molecule has 9 heteroatoms. The summed E-state index contributed by atoms with van der Waals surface area (Å²) in [5.41, 5.74) is 6.44. The molecule has 3 rings (SSSR count). The van der Waals surface area contributed by atoms with Crippen LogP contribution in [0.1, 0.15) is 16.2 Å². The average Bonchev–Trinajstić information content (AvgIpc) is 2.67. The standard InChI is InChI=1S/C18H17N5O4/c1-26-13-9-5-8-12(15(13)24)16(25)27-10-14-21-17(19)23-18(22-14)20-11-6-3-2-4-7-11/h2-9,24H,10H2,1H3,(H3,19,20,21,22,23). The number of nitrogen functional groups attached to an aromatic ring is 1. The van der Waals surface area contributed by atoms with Crippen molar-refractivity contribution in [2.75, 3.05) is 18.2 Å². The van der Waals surface area contributed by atoms with Gasteiger partial charge >= 0.3 is 5.97 Å². The quantitative estimate of drug-likeness (QED) is 0.561. The van der Waals surface area contributed by atoms with Crippen molar-refractivity contribution in [3.05, 3.63) is 59.9 Å². The van der Waals surface area contributed by atoms with Gasteiger partial charge in [-0.05, 0) is 24.3 Å². The van der Waals surface area contributed by atoms with Crippen LogP contribution >= 0.6 is 0 Å². The van der Waals surface area contributed by atoms with Crippen LogP contribution in [0.4, 0.5) is 17.6 Å².